The van der Waals surface area contributed by atoms with Crippen LogP contribution in [0.3, 0.4) is 0 Å². The molecule has 34 heavy (non-hydrogen) atoms. The van der Waals surface area contributed by atoms with Gasteiger partial charge in [-0.1, -0.05) is 55.8 Å². The van der Waals surface area contributed by atoms with E-state index in [1.165, 1.54) is 32.1 Å². The van der Waals surface area contributed by atoms with Crippen molar-refractivity contribution in [1.29, 1.82) is 0 Å². The van der Waals surface area contributed by atoms with Gasteiger partial charge in [0.25, 0.3) is 0 Å². The Labute approximate surface area is 205 Å². The maximum absolute atomic E-state index is 13.3. The number of nitrogens with one attached hydrogen (secondary N) is 3. The van der Waals surface area contributed by atoms with Crippen molar-refractivity contribution in [3.63, 3.8) is 0 Å². The standard InChI is InChI=1S/C25H32ClN7O/c1-27-25-31-22(15-23(32-25)33-14-13-28-17-33)30-21(12-9-18-5-3-2-4-6-18)24(34)29-16-19-7-10-20(26)11-8-19/h7-8,10-11,13-15,17-18,21H,2-6,9,12,16H2,1H3,(H,29,34)(H2,27,30,31,32)/t21-/m1/s1. The van der Waals surface area contributed by atoms with Crippen molar-refractivity contribution in [2.45, 2.75) is 57.5 Å². The molecule has 3 aromatic rings. The number of benzene rings is 1. The van der Waals surface area contributed by atoms with Crippen molar-refractivity contribution in [1.82, 2.24) is 24.8 Å². The molecular formula is C25H32ClN7O. The highest BCUT2D eigenvalue weighted by molar-refractivity contribution is 6.30. The molecule has 0 spiro atoms. The van der Waals surface area contributed by atoms with E-state index in [1.807, 2.05) is 41.1 Å². The van der Waals surface area contributed by atoms with Crippen LogP contribution in [-0.2, 0) is 11.3 Å². The van der Waals surface area contributed by atoms with Crippen molar-refractivity contribution in [3.8, 4) is 5.82 Å². The Morgan fingerprint density at radius 2 is 1.97 bits per heavy atom. The van der Waals surface area contributed by atoms with Crippen LogP contribution >= 0.6 is 11.6 Å². The van der Waals surface area contributed by atoms with Gasteiger partial charge >= 0.3 is 0 Å². The van der Waals surface area contributed by atoms with Gasteiger partial charge in [-0.25, -0.2) is 4.98 Å². The van der Waals surface area contributed by atoms with Crippen LogP contribution in [0.4, 0.5) is 11.8 Å². The summed E-state index contributed by atoms with van der Waals surface area (Å²) >= 11 is 5.98. The van der Waals surface area contributed by atoms with Crippen LogP contribution in [0, 0.1) is 5.92 Å². The quantitative estimate of drug-likeness (QED) is 0.384. The fourth-order valence-corrected chi connectivity index (χ4v) is 4.51. The van der Waals surface area contributed by atoms with Crippen molar-refractivity contribution < 1.29 is 4.79 Å². The third kappa shape index (κ3) is 6.70. The van der Waals surface area contributed by atoms with Gasteiger partial charge in [0.1, 0.15) is 24.0 Å². The van der Waals surface area contributed by atoms with E-state index in [-0.39, 0.29) is 5.91 Å². The van der Waals surface area contributed by atoms with E-state index in [2.05, 4.69) is 30.9 Å². The van der Waals surface area contributed by atoms with Gasteiger partial charge in [-0.05, 0) is 36.5 Å². The molecule has 0 radical (unpaired) electrons. The number of carbonyl (C=O) groups is 1. The number of rotatable bonds is 10. The van der Waals surface area contributed by atoms with Crippen LogP contribution < -0.4 is 16.0 Å². The molecule has 1 aliphatic rings. The first kappa shape index (κ1) is 24.0. The van der Waals surface area contributed by atoms with E-state index < -0.39 is 6.04 Å². The Hall–Kier alpha value is -3.13. The maximum Gasteiger partial charge on any atom is 0.242 e. The number of amides is 1. The average Bonchev–Trinajstić information content (AvgIpc) is 3.41. The molecule has 2 aromatic heterocycles. The minimum Gasteiger partial charge on any atom is -0.358 e. The zero-order valence-corrected chi connectivity index (χ0v) is 20.3. The second-order valence-electron chi connectivity index (χ2n) is 8.78. The maximum atomic E-state index is 13.3. The third-order valence-electron chi connectivity index (χ3n) is 6.31. The molecule has 4 rings (SSSR count). The molecule has 1 aromatic carbocycles. The lowest BCUT2D eigenvalue weighted by Crippen LogP contribution is -2.40. The van der Waals surface area contributed by atoms with Gasteiger partial charge in [0.15, 0.2) is 0 Å². The zero-order chi connectivity index (χ0) is 23.8. The van der Waals surface area contributed by atoms with Crippen molar-refractivity contribution >= 4 is 29.3 Å². The van der Waals surface area contributed by atoms with Crippen molar-refractivity contribution in [2.24, 2.45) is 5.92 Å². The fourth-order valence-electron chi connectivity index (χ4n) is 4.39. The molecule has 1 amide bonds. The van der Waals surface area contributed by atoms with E-state index in [4.69, 9.17) is 11.6 Å². The molecule has 2 heterocycles. The van der Waals surface area contributed by atoms with E-state index in [1.54, 1.807) is 19.6 Å². The number of hydrogen-bond acceptors (Lipinski definition) is 6. The highest BCUT2D eigenvalue weighted by atomic mass is 35.5. The van der Waals surface area contributed by atoms with Crippen molar-refractivity contribution in [2.75, 3.05) is 17.7 Å². The number of halogens is 1. The monoisotopic (exact) mass is 481 g/mol. The second-order valence-corrected chi connectivity index (χ2v) is 9.21. The molecule has 9 heteroatoms. The summed E-state index contributed by atoms with van der Waals surface area (Å²) in [5, 5.41) is 10.1. The van der Waals surface area contributed by atoms with E-state index in [0.717, 1.165) is 18.4 Å². The van der Waals surface area contributed by atoms with Crippen LogP contribution in [0.5, 0.6) is 0 Å². The molecule has 8 nitrogen and oxygen atoms in total. The second kappa shape index (κ2) is 11.8. The van der Waals surface area contributed by atoms with Crippen molar-refractivity contribution in [3.05, 3.63) is 59.6 Å². The van der Waals surface area contributed by atoms with Gasteiger partial charge in [-0.2, -0.15) is 9.97 Å². The molecule has 1 fully saturated rings. The van der Waals surface area contributed by atoms with Crippen LogP contribution in [0.2, 0.25) is 5.02 Å². The fraction of sp³-hybridized carbons (Fsp3) is 0.440. The Morgan fingerprint density at radius 1 is 1.18 bits per heavy atom. The number of aromatic nitrogens is 4. The molecule has 0 bridgehead atoms. The Morgan fingerprint density at radius 3 is 2.68 bits per heavy atom. The molecule has 0 aliphatic heterocycles. The van der Waals surface area contributed by atoms with Crippen LogP contribution in [0.15, 0.2) is 49.1 Å². The lowest BCUT2D eigenvalue weighted by Gasteiger charge is -2.25. The normalized spacial score (nSPS) is 15.0. The van der Waals surface area contributed by atoms with E-state index >= 15 is 0 Å². The lowest BCUT2D eigenvalue weighted by atomic mass is 9.85. The van der Waals surface area contributed by atoms with E-state index in [0.29, 0.717) is 35.1 Å². The van der Waals surface area contributed by atoms with Gasteiger partial charge in [-0.3, -0.25) is 9.36 Å². The molecule has 1 atom stereocenters. The number of anilines is 2. The number of imidazole rings is 1. The SMILES string of the molecule is CNc1nc(N[C@H](CCC2CCCCC2)C(=O)NCc2ccc(Cl)cc2)cc(-n2ccnc2)n1. The van der Waals surface area contributed by atoms with Crippen LogP contribution in [0.25, 0.3) is 5.82 Å². The first-order valence-electron chi connectivity index (χ1n) is 11.9. The number of carbonyl (C=O) groups excluding carboxylic acids is 1. The first-order valence-corrected chi connectivity index (χ1v) is 12.3. The molecule has 3 N–H and O–H groups in total. The molecule has 1 aliphatic carbocycles. The van der Waals surface area contributed by atoms with Gasteiger partial charge in [0, 0.05) is 37.1 Å². The highest BCUT2D eigenvalue weighted by Gasteiger charge is 2.22. The number of hydrogen-bond donors (Lipinski definition) is 3. The van der Waals surface area contributed by atoms with Gasteiger partial charge in [0.2, 0.25) is 11.9 Å². The third-order valence-corrected chi connectivity index (χ3v) is 6.56. The summed E-state index contributed by atoms with van der Waals surface area (Å²) in [5.74, 6) is 2.38. The minimum atomic E-state index is -0.399. The van der Waals surface area contributed by atoms with Gasteiger partial charge in [-0.15, -0.1) is 0 Å². The average molecular weight is 482 g/mol. The predicted octanol–water partition coefficient (Wildman–Crippen LogP) is 4.81. The Balaban J connectivity index is 1.49. The van der Waals surface area contributed by atoms with Crippen LogP contribution in [-0.4, -0.2) is 38.5 Å². The van der Waals surface area contributed by atoms with Gasteiger partial charge in [0.05, 0.1) is 0 Å². The summed E-state index contributed by atoms with van der Waals surface area (Å²) in [5.41, 5.74) is 1.01. The summed E-state index contributed by atoms with van der Waals surface area (Å²) in [6.45, 7) is 0.448. The Bertz CT molecular complexity index is 1050. The smallest absolute Gasteiger partial charge is 0.242 e. The summed E-state index contributed by atoms with van der Waals surface area (Å²) < 4.78 is 1.81. The Kier molecular flexibility index (Phi) is 8.36. The summed E-state index contributed by atoms with van der Waals surface area (Å²) in [4.78, 5) is 26.4. The van der Waals surface area contributed by atoms with Gasteiger partial charge < -0.3 is 16.0 Å². The summed E-state index contributed by atoms with van der Waals surface area (Å²) in [7, 11) is 1.77. The largest absolute Gasteiger partial charge is 0.358 e. The predicted molar refractivity (Wildman–Crippen MR) is 135 cm³/mol. The van der Waals surface area contributed by atoms with Crippen LogP contribution in [0.1, 0.15) is 50.5 Å². The number of nitrogens with zero attached hydrogens (tertiary/aromatic N) is 4. The zero-order valence-electron chi connectivity index (χ0n) is 19.5. The summed E-state index contributed by atoms with van der Waals surface area (Å²) in [6, 6.07) is 8.95. The molecule has 0 unspecified atom stereocenters. The molecule has 180 valence electrons. The van der Waals surface area contributed by atoms with E-state index in [9.17, 15) is 4.79 Å². The summed E-state index contributed by atoms with van der Waals surface area (Å²) in [6.07, 6.45) is 13.4. The molecule has 0 saturated heterocycles. The topological polar surface area (TPSA) is 96.8 Å². The first-order chi connectivity index (χ1) is 16.6. The highest BCUT2D eigenvalue weighted by Crippen LogP contribution is 2.28. The molecule has 1 saturated carbocycles. The molecular weight excluding hydrogens is 450 g/mol. The minimum absolute atomic E-state index is 0.0421. The lowest BCUT2D eigenvalue weighted by molar-refractivity contribution is -0.122.